The molecule has 1 amide bonds. The minimum Gasteiger partial charge on any atom is -0.476 e. The molecule has 0 spiro atoms. The normalized spacial score (nSPS) is 16.9. The second-order valence-corrected chi connectivity index (χ2v) is 8.86. The van der Waals surface area contributed by atoms with Gasteiger partial charge in [0, 0.05) is 24.2 Å². The number of aromatic nitrogens is 1. The van der Waals surface area contributed by atoms with Crippen LogP contribution in [0.15, 0.2) is 34.0 Å². The summed E-state index contributed by atoms with van der Waals surface area (Å²) in [5, 5.41) is 10.5. The minimum atomic E-state index is -1.00. The Hall–Kier alpha value is -1.86. The lowest BCUT2D eigenvalue weighted by atomic mass is 9.96. The van der Waals surface area contributed by atoms with Gasteiger partial charge in [-0.1, -0.05) is 49.4 Å². The van der Waals surface area contributed by atoms with Gasteiger partial charge in [-0.3, -0.25) is 4.79 Å². The summed E-state index contributed by atoms with van der Waals surface area (Å²) in [5.74, 6) is -0.117. The molecule has 0 saturated carbocycles. The lowest BCUT2D eigenvalue weighted by molar-refractivity contribution is -0.128. The number of carboxylic acids is 1. The van der Waals surface area contributed by atoms with Gasteiger partial charge in [-0.2, -0.15) is 0 Å². The highest BCUT2D eigenvalue weighted by atomic mass is 32.2. The monoisotopic (exact) mass is 404 g/mol. The molecule has 0 radical (unpaired) electrons. The van der Waals surface area contributed by atoms with E-state index >= 15 is 0 Å². The smallest absolute Gasteiger partial charge is 0.355 e. The molecule has 5 nitrogen and oxygen atoms in total. The van der Waals surface area contributed by atoms with Crippen LogP contribution in [0.25, 0.3) is 0 Å². The summed E-state index contributed by atoms with van der Waals surface area (Å²) >= 11 is 2.84. The largest absolute Gasteiger partial charge is 0.476 e. The predicted molar refractivity (Wildman–Crippen MR) is 109 cm³/mol. The van der Waals surface area contributed by atoms with Crippen molar-refractivity contribution in [3.63, 3.8) is 0 Å². The second-order valence-electron chi connectivity index (χ2n) is 6.66. The maximum atomic E-state index is 12.7. The van der Waals surface area contributed by atoms with Crippen molar-refractivity contribution in [3.8, 4) is 0 Å². The molecule has 0 aliphatic carbocycles. The number of unbranched alkanes of at least 4 members (excludes halogenated alkanes) is 1. The summed E-state index contributed by atoms with van der Waals surface area (Å²) in [6, 6.07) is 8.52. The number of carbonyl (C=O) groups excluding carboxylic acids is 1. The third kappa shape index (κ3) is 5.11. The molecule has 1 aliphatic heterocycles. The predicted octanol–water partition coefficient (Wildman–Crippen LogP) is 4.29. The van der Waals surface area contributed by atoms with E-state index in [1.165, 1.54) is 41.5 Å². The third-order valence-corrected chi connectivity index (χ3v) is 6.79. The Morgan fingerprint density at radius 2 is 2.15 bits per heavy atom. The van der Waals surface area contributed by atoms with Crippen LogP contribution in [-0.2, 0) is 11.2 Å². The number of nitrogens with zero attached hydrogens (tertiary/aromatic N) is 2. The molecule has 1 aliphatic rings. The summed E-state index contributed by atoms with van der Waals surface area (Å²) in [4.78, 5) is 29.6. The van der Waals surface area contributed by atoms with E-state index < -0.39 is 5.97 Å². The van der Waals surface area contributed by atoms with Crippen LogP contribution in [0.5, 0.6) is 0 Å². The first-order valence-corrected chi connectivity index (χ1v) is 11.1. The van der Waals surface area contributed by atoms with E-state index in [1.807, 2.05) is 4.90 Å². The molecule has 1 N–H and O–H groups in total. The molecular formula is C20H24N2O3S2. The number of carboxylic acid groups (broad SMARTS) is 1. The van der Waals surface area contributed by atoms with Gasteiger partial charge in [-0.15, -0.1) is 11.3 Å². The van der Waals surface area contributed by atoms with Crippen molar-refractivity contribution < 1.29 is 14.7 Å². The number of amides is 1. The molecule has 144 valence electrons. The first-order chi connectivity index (χ1) is 13.1. The zero-order chi connectivity index (χ0) is 19.2. The van der Waals surface area contributed by atoms with Crippen LogP contribution in [0.2, 0.25) is 0 Å². The van der Waals surface area contributed by atoms with Gasteiger partial charge >= 0.3 is 5.97 Å². The minimum absolute atomic E-state index is 0.0336. The van der Waals surface area contributed by atoms with Gasteiger partial charge in [-0.05, 0) is 30.4 Å². The summed E-state index contributed by atoms with van der Waals surface area (Å²) < 4.78 is 0.735. The Kier molecular flexibility index (Phi) is 6.90. The van der Waals surface area contributed by atoms with E-state index in [1.54, 1.807) is 5.38 Å². The number of thioether (sulfide) groups is 1. The number of aromatic carboxylic acids is 1. The Balaban J connectivity index is 1.49. The van der Waals surface area contributed by atoms with Crippen LogP contribution in [0.4, 0.5) is 0 Å². The van der Waals surface area contributed by atoms with Crippen LogP contribution < -0.4 is 0 Å². The highest BCUT2D eigenvalue weighted by Crippen LogP contribution is 2.30. The van der Waals surface area contributed by atoms with Crippen LogP contribution >= 0.6 is 23.1 Å². The van der Waals surface area contributed by atoms with E-state index in [0.717, 1.165) is 35.0 Å². The van der Waals surface area contributed by atoms with Gasteiger partial charge in [-0.25, -0.2) is 9.78 Å². The first-order valence-electron chi connectivity index (χ1n) is 9.27. The van der Waals surface area contributed by atoms with Crippen molar-refractivity contribution in [2.45, 2.75) is 42.9 Å². The zero-order valence-electron chi connectivity index (χ0n) is 15.4. The average molecular weight is 405 g/mol. The number of thiazole rings is 1. The molecule has 1 atom stereocenters. The Morgan fingerprint density at radius 1 is 1.37 bits per heavy atom. The maximum Gasteiger partial charge on any atom is 0.355 e. The highest BCUT2D eigenvalue weighted by Gasteiger charge is 2.32. The molecule has 1 fully saturated rings. The van der Waals surface area contributed by atoms with E-state index in [9.17, 15) is 9.59 Å². The average Bonchev–Trinajstić information content (AvgIpc) is 3.28. The van der Waals surface area contributed by atoms with Crippen LogP contribution in [-0.4, -0.2) is 45.7 Å². The van der Waals surface area contributed by atoms with E-state index in [-0.39, 0.29) is 17.5 Å². The molecule has 3 rings (SSSR count). The lowest BCUT2D eigenvalue weighted by Crippen LogP contribution is -2.29. The zero-order valence-corrected chi connectivity index (χ0v) is 17.0. The molecule has 1 aromatic heterocycles. The molecule has 2 heterocycles. The van der Waals surface area contributed by atoms with Crippen molar-refractivity contribution >= 4 is 35.0 Å². The van der Waals surface area contributed by atoms with Crippen molar-refractivity contribution in [2.24, 2.45) is 0 Å². The van der Waals surface area contributed by atoms with Crippen molar-refractivity contribution in [1.82, 2.24) is 9.88 Å². The van der Waals surface area contributed by atoms with Gasteiger partial charge in [0.1, 0.15) is 0 Å². The number of hydrogen-bond acceptors (Lipinski definition) is 5. The SMILES string of the molecule is CCCCc1ccc(C2CCN(CCSc3nc(C(=O)O)cs3)C2=O)cc1. The van der Waals surface area contributed by atoms with Crippen LogP contribution in [0.3, 0.4) is 0 Å². The van der Waals surface area contributed by atoms with Crippen molar-refractivity contribution in [2.75, 3.05) is 18.8 Å². The van der Waals surface area contributed by atoms with E-state index in [4.69, 9.17) is 5.11 Å². The Morgan fingerprint density at radius 3 is 2.81 bits per heavy atom. The number of benzene rings is 1. The number of likely N-dealkylation sites (tertiary alicyclic amines) is 1. The standard InChI is InChI=1S/C20H24N2O3S2/c1-2-3-4-14-5-7-15(8-6-14)16-9-10-22(18(16)23)11-12-26-20-21-17(13-27-20)19(24)25/h5-8,13,16H,2-4,9-12H2,1H3,(H,24,25). The molecule has 2 aromatic rings. The van der Waals surface area contributed by atoms with Crippen molar-refractivity contribution in [3.05, 3.63) is 46.5 Å². The number of rotatable bonds is 9. The summed E-state index contributed by atoms with van der Waals surface area (Å²) in [7, 11) is 0. The topological polar surface area (TPSA) is 70.5 Å². The number of aryl methyl sites for hydroxylation is 1. The van der Waals surface area contributed by atoms with Gasteiger partial charge in [0.2, 0.25) is 5.91 Å². The number of carbonyl (C=O) groups is 2. The molecule has 1 aromatic carbocycles. The fraction of sp³-hybridized carbons (Fsp3) is 0.450. The first kappa shape index (κ1) is 19.9. The molecule has 1 unspecified atom stereocenters. The molecule has 1 saturated heterocycles. The Labute approximate surface area is 167 Å². The molecule has 0 bridgehead atoms. The van der Waals surface area contributed by atoms with Crippen molar-refractivity contribution in [1.29, 1.82) is 0 Å². The van der Waals surface area contributed by atoms with Gasteiger partial charge in [0.25, 0.3) is 0 Å². The fourth-order valence-corrected chi connectivity index (χ4v) is 5.07. The van der Waals surface area contributed by atoms with Gasteiger partial charge < -0.3 is 10.0 Å². The quantitative estimate of drug-likeness (QED) is 0.631. The third-order valence-electron chi connectivity index (χ3n) is 4.79. The summed E-state index contributed by atoms with van der Waals surface area (Å²) in [6.07, 6.45) is 4.34. The Bertz CT molecular complexity index is 789. The summed E-state index contributed by atoms with van der Waals surface area (Å²) in [5.41, 5.74) is 2.53. The van der Waals surface area contributed by atoms with Gasteiger partial charge in [0.15, 0.2) is 10.0 Å². The molecular weight excluding hydrogens is 380 g/mol. The molecule has 7 heteroatoms. The maximum absolute atomic E-state index is 12.7. The van der Waals surface area contributed by atoms with Gasteiger partial charge in [0.05, 0.1) is 5.92 Å². The lowest BCUT2D eigenvalue weighted by Gasteiger charge is -2.16. The highest BCUT2D eigenvalue weighted by molar-refractivity contribution is 8.01. The molecule has 27 heavy (non-hydrogen) atoms. The fourth-order valence-electron chi connectivity index (χ4n) is 3.23. The summed E-state index contributed by atoms with van der Waals surface area (Å²) in [6.45, 7) is 3.63. The number of hydrogen-bond donors (Lipinski definition) is 1. The van der Waals surface area contributed by atoms with Crippen LogP contribution in [0, 0.1) is 0 Å². The van der Waals surface area contributed by atoms with E-state index in [2.05, 4.69) is 36.2 Å². The second kappa shape index (κ2) is 9.37. The van der Waals surface area contributed by atoms with E-state index in [0.29, 0.717) is 6.54 Å². The van der Waals surface area contributed by atoms with Crippen LogP contribution in [0.1, 0.15) is 53.7 Å².